The number of carbonyl (C=O) groups excluding carboxylic acids is 1. The van der Waals surface area contributed by atoms with Crippen LogP contribution < -0.4 is 10.0 Å². The van der Waals surface area contributed by atoms with E-state index in [1.54, 1.807) is 7.05 Å². The number of benzene rings is 1. The van der Waals surface area contributed by atoms with Gasteiger partial charge in [0.1, 0.15) is 5.82 Å². The van der Waals surface area contributed by atoms with Gasteiger partial charge in [-0.05, 0) is 62.0 Å². The normalized spacial score (nSPS) is 14.6. The van der Waals surface area contributed by atoms with Crippen LogP contribution in [0.5, 0.6) is 0 Å². The lowest BCUT2D eigenvalue weighted by atomic mass is 10.00. The molecule has 0 unspecified atom stereocenters. The minimum atomic E-state index is -4.16. The second-order valence-corrected chi connectivity index (χ2v) is 9.87. The molecule has 0 atom stereocenters. The summed E-state index contributed by atoms with van der Waals surface area (Å²) in [6.07, 6.45) is 4.92. The highest BCUT2D eigenvalue weighted by atomic mass is 32.2. The SMILES string of the molecule is CCCc1cc(F)cc(CCC)c1NC(=O)NS(=O)(=O)c1cc(CN2CCCC2)n(C)n1. The second kappa shape index (κ2) is 10.4. The molecule has 0 radical (unpaired) electrons. The number of likely N-dealkylation sites (tertiary alicyclic amines) is 1. The molecule has 1 aromatic heterocycles. The van der Waals surface area contributed by atoms with Gasteiger partial charge in [0.15, 0.2) is 5.03 Å². The number of rotatable bonds is 9. The minimum absolute atomic E-state index is 0.203. The zero-order chi connectivity index (χ0) is 23.3. The molecular formula is C22H32FN5O3S. The summed E-state index contributed by atoms with van der Waals surface area (Å²) < 4.78 is 43.2. The van der Waals surface area contributed by atoms with Crippen molar-refractivity contribution >= 4 is 21.7 Å². The third kappa shape index (κ3) is 5.86. The molecule has 0 bridgehead atoms. The molecule has 0 aliphatic carbocycles. The number of halogens is 1. The molecule has 32 heavy (non-hydrogen) atoms. The van der Waals surface area contributed by atoms with E-state index in [4.69, 9.17) is 0 Å². The van der Waals surface area contributed by atoms with E-state index in [1.807, 2.05) is 18.6 Å². The van der Waals surface area contributed by atoms with Crippen LogP contribution in [0.4, 0.5) is 14.9 Å². The largest absolute Gasteiger partial charge is 0.333 e. The first-order valence-electron chi connectivity index (χ1n) is 11.1. The molecule has 1 aliphatic heterocycles. The summed E-state index contributed by atoms with van der Waals surface area (Å²) in [7, 11) is -2.47. The maximum Gasteiger partial charge on any atom is 0.333 e. The van der Waals surface area contributed by atoms with Crippen LogP contribution in [0.3, 0.4) is 0 Å². The van der Waals surface area contributed by atoms with E-state index < -0.39 is 16.1 Å². The number of sulfonamides is 1. The molecule has 10 heteroatoms. The van der Waals surface area contributed by atoms with Crippen molar-refractivity contribution in [2.75, 3.05) is 18.4 Å². The fourth-order valence-corrected chi connectivity index (χ4v) is 4.98. The molecule has 3 rings (SSSR count). The van der Waals surface area contributed by atoms with Crippen molar-refractivity contribution in [2.24, 2.45) is 7.05 Å². The van der Waals surface area contributed by atoms with Crippen molar-refractivity contribution in [3.63, 3.8) is 0 Å². The van der Waals surface area contributed by atoms with Gasteiger partial charge in [0.05, 0.1) is 5.69 Å². The fourth-order valence-electron chi connectivity index (χ4n) is 4.06. The molecule has 0 spiro atoms. The summed E-state index contributed by atoms with van der Waals surface area (Å²) in [6.45, 7) is 6.48. The Balaban J connectivity index is 1.77. The van der Waals surface area contributed by atoms with E-state index in [0.29, 0.717) is 36.2 Å². The summed E-state index contributed by atoms with van der Waals surface area (Å²) in [5.41, 5.74) is 2.53. The molecule has 1 aromatic carbocycles. The number of hydrogen-bond donors (Lipinski definition) is 2. The molecule has 1 fully saturated rings. The van der Waals surface area contributed by atoms with Gasteiger partial charge in [-0.25, -0.2) is 13.9 Å². The van der Waals surface area contributed by atoms with E-state index in [-0.39, 0.29) is 10.8 Å². The molecule has 1 saturated heterocycles. The summed E-state index contributed by atoms with van der Waals surface area (Å²) in [5.74, 6) is -0.366. The van der Waals surface area contributed by atoms with Crippen LogP contribution in [0.15, 0.2) is 23.2 Å². The molecule has 2 heterocycles. The Morgan fingerprint density at radius 1 is 1.09 bits per heavy atom. The molecule has 1 aliphatic rings. The first kappa shape index (κ1) is 24.2. The standard InChI is InChI=1S/C22H32FN5O3S/c1-4-8-16-12-18(23)13-17(9-5-2)21(16)24-22(29)26-32(30,31)20-14-19(27(3)25-20)15-28-10-6-7-11-28/h12-14H,4-11,15H2,1-3H3,(H2,24,26,29). The number of anilines is 1. The van der Waals surface area contributed by atoms with Gasteiger partial charge < -0.3 is 5.32 Å². The Morgan fingerprint density at radius 2 is 1.69 bits per heavy atom. The van der Waals surface area contributed by atoms with Gasteiger partial charge >= 0.3 is 6.03 Å². The monoisotopic (exact) mass is 465 g/mol. The van der Waals surface area contributed by atoms with Gasteiger partial charge in [0, 0.05) is 25.3 Å². The number of nitrogens with one attached hydrogen (secondary N) is 2. The summed E-state index contributed by atoms with van der Waals surface area (Å²) in [5, 5.41) is 6.54. The minimum Gasteiger partial charge on any atom is -0.307 e. The first-order valence-corrected chi connectivity index (χ1v) is 12.6. The van der Waals surface area contributed by atoms with Crippen molar-refractivity contribution in [1.29, 1.82) is 0 Å². The number of aromatic nitrogens is 2. The van der Waals surface area contributed by atoms with E-state index in [2.05, 4.69) is 15.3 Å². The molecule has 0 saturated carbocycles. The van der Waals surface area contributed by atoms with Gasteiger partial charge in [-0.15, -0.1) is 0 Å². The second-order valence-electron chi connectivity index (χ2n) is 8.24. The third-order valence-corrected chi connectivity index (χ3v) is 6.79. The predicted molar refractivity (Wildman–Crippen MR) is 121 cm³/mol. The highest BCUT2D eigenvalue weighted by Gasteiger charge is 2.24. The van der Waals surface area contributed by atoms with E-state index in [1.165, 1.54) is 22.9 Å². The zero-order valence-electron chi connectivity index (χ0n) is 18.9. The lowest BCUT2D eigenvalue weighted by Gasteiger charge is -2.16. The number of urea groups is 1. The lowest BCUT2D eigenvalue weighted by molar-refractivity contribution is 0.256. The quantitative estimate of drug-likeness (QED) is 0.590. The van der Waals surface area contributed by atoms with Gasteiger partial charge in [-0.2, -0.15) is 13.5 Å². The third-order valence-electron chi connectivity index (χ3n) is 5.58. The smallest absolute Gasteiger partial charge is 0.307 e. The number of hydrogen-bond acceptors (Lipinski definition) is 5. The highest BCUT2D eigenvalue weighted by Crippen LogP contribution is 2.26. The Morgan fingerprint density at radius 3 is 2.25 bits per heavy atom. The number of carbonyl (C=O) groups is 1. The van der Waals surface area contributed by atoms with Gasteiger partial charge in [0.2, 0.25) is 0 Å². The fraction of sp³-hybridized carbons (Fsp3) is 0.545. The van der Waals surface area contributed by atoms with Gasteiger partial charge in [-0.3, -0.25) is 9.58 Å². The molecule has 2 amide bonds. The van der Waals surface area contributed by atoms with E-state index in [9.17, 15) is 17.6 Å². The molecule has 2 aromatic rings. The van der Waals surface area contributed by atoms with Crippen molar-refractivity contribution in [3.05, 3.63) is 40.8 Å². The molecular weight excluding hydrogens is 433 g/mol. The first-order chi connectivity index (χ1) is 15.2. The van der Waals surface area contributed by atoms with Crippen LogP contribution in [0.25, 0.3) is 0 Å². The molecule has 2 N–H and O–H groups in total. The van der Waals surface area contributed by atoms with Crippen molar-refractivity contribution in [1.82, 2.24) is 19.4 Å². The molecule has 8 nitrogen and oxygen atoms in total. The summed E-state index contributed by atoms with van der Waals surface area (Å²) in [6, 6.07) is 3.38. The zero-order valence-corrected chi connectivity index (χ0v) is 19.8. The maximum atomic E-state index is 14.0. The van der Waals surface area contributed by atoms with Crippen LogP contribution >= 0.6 is 0 Å². The van der Waals surface area contributed by atoms with Crippen molar-refractivity contribution in [2.45, 2.75) is 63.9 Å². The van der Waals surface area contributed by atoms with Crippen LogP contribution in [0, 0.1) is 5.82 Å². The van der Waals surface area contributed by atoms with Gasteiger partial charge in [0.25, 0.3) is 10.0 Å². The lowest BCUT2D eigenvalue weighted by Crippen LogP contribution is -2.35. The van der Waals surface area contributed by atoms with Crippen LogP contribution in [0.1, 0.15) is 56.4 Å². The summed E-state index contributed by atoms with van der Waals surface area (Å²) >= 11 is 0. The van der Waals surface area contributed by atoms with Crippen molar-refractivity contribution in [3.8, 4) is 0 Å². The average molecular weight is 466 g/mol. The van der Waals surface area contributed by atoms with Crippen LogP contribution in [0.2, 0.25) is 0 Å². The van der Waals surface area contributed by atoms with E-state index >= 15 is 0 Å². The average Bonchev–Trinajstić information content (AvgIpc) is 3.35. The van der Waals surface area contributed by atoms with Crippen molar-refractivity contribution < 1.29 is 17.6 Å². The van der Waals surface area contributed by atoms with E-state index in [0.717, 1.165) is 44.5 Å². The van der Waals surface area contributed by atoms with Crippen LogP contribution in [-0.4, -0.2) is 42.2 Å². The Kier molecular flexibility index (Phi) is 7.89. The van der Waals surface area contributed by atoms with Gasteiger partial charge in [-0.1, -0.05) is 26.7 Å². The number of amides is 2. The molecule has 176 valence electrons. The predicted octanol–water partition coefficient (Wildman–Crippen LogP) is 3.57. The summed E-state index contributed by atoms with van der Waals surface area (Å²) in [4.78, 5) is 14.9. The Bertz CT molecular complexity index is 1030. The van der Waals surface area contributed by atoms with Crippen LogP contribution in [-0.2, 0) is 36.5 Å². The topological polar surface area (TPSA) is 96.3 Å². The maximum absolute atomic E-state index is 14.0. The highest BCUT2D eigenvalue weighted by molar-refractivity contribution is 7.90. The Labute approximate surface area is 189 Å². The Hall–Kier alpha value is -2.46. The number of nitrogens with zero attached hydrogens (tertiary/aromatic N) is 3. The number of aryl methyl sites for hydroxylation is 3.